The largest absolute Gasteiger partial charge is 0.376 e. The van der Waals surface area contributed by atoms with Crippen molar-refractivity contribution >= 4 is 0 Å². The fourth-order valence-electron chi connectivity index (χ4n) is 2.48. The third-order valence-electron chi connectivity index (χ3n) is 3.53. The lowest BCUT2D eigenvalue weighted by Gasteiger charge is -2.32. The van der Waals surface area contributed by atoms with Gasteiger partial charge in [-0.15, -0.1) is 0 Å². The van der Waals surface area contributed by atoms with Crippen LogP contribution in [-0.2, 0) is 25.6 Å². The summed E-state index contributed by atoms with van der Waals surface area (Å²) >= 11 is 0. The topological polar surface area (TPSA) is 36.9 Å². The normalized spacial score (nSPS) is 34.7. The van der Waals surface area contributed by atoms with Crippen molar-refractivity contribution in [3.05, 3.63) is 35.9 Å². The minimum Gasteiger partial charge on any atom is -0.376 e. The number of methoxy groups -OCH3 is 1. The second-order valence-corrected chi connectivity index (χ2v) is 4.72. The molecule has 0 saturated carbocycles. The van der Waals surface area contributed by atoms with Crippen LogP contribution in [0.1, 0.15) is 12.0 Å². The van der Waals surface area contributed by atoms with E-state index in [0.717, 1.165) is 6.42 Å². The van der Waals surface area contributed by atoms with E-state index in [9.17, 15) is 0 Å². The average Bonchev–Trinajstić information content (AvgIpc) is 2.84. The molecule has 98 valence electrons. The minimum absolute atomic E-state index is 0.0236. The van der Waals surface area contributed by atoms with E-state index < -0.39 is 0 Å². The molecule has 0 amide bonds. The van der Waals surface area contributed by atoms with Crippen molar-refractivity contribution in [2.24, 2.45) is 0 Å². The second kappa shape index (κ2) is 5.36. The lowest BCUT2D eigenvalue weighted by Crippen LogP contribution is -2.44. The molecule has 0 aliphatic carbocycles. The zero-order valence-corrected chi connectivity index (χ0v) is 10.5. The molecule has 4 heteroatoms. The van der Waals surface area contributed by atoms with E-state index in [2.05, 4.69) is 12.1 Å². The Hall–Kier alpha value is -0.940. The van der Waals surface area contributed by atoms with Crippen molar-refractivity contribution in [1.29, 1.82) is 0 Å². The molecule has 2 aliphatic heterocycles. The van der Waals surface area contributed by atoms with Crippen molar-refractivity contribution < 1.29 is 18.9 Å². The van der Waals surface area contributed by atoms with Crippen molar-refractivity contribution in [1.82, 2.24) is 0 Å². The van der Waals surface area contributed by atoms with Gasteiger partial charge >= 0.3 is 0 Å². The van der Waals surface area contributed by atoms with Crippen LogP contribution in [0.5, 0.6) is 0 Å². The van der Waals surface area contributed by atoms with Gasteiger partial charge in [-0.1, -0.05) is 30.3 Å². The van der Waals surface area contributed by atoms with Gasteiger partial charge in [-0.3, -0.25) is 0 Å². The van der Waals surface area contributed by atoms with E-state index in [0.29, 0.717) is 13.2 Å². The molecule has 0 aromatic heterocycles. The number of hydrogen-bond donors (Lipinski definition) is 0. The fraction of sp³-hybridized carbons (Fsp3) is 0.571. The molecule has 18 heavy (non-hydrogen) atoms. The van der Waals surface area contributed by atoms with Crippen LogP contribution >= 0.6 is 0 Å². The Morgan fingerprint density at radius 2 is 2.06 bits per heavy atom. The fourth-order valence-corrected chi connectivity index (χ4v) is 2.48. The molecule has 2 bridgehead atoms. The van der Waals surface area contributed by atoms with E-state index in [1.807, 2.05) is 18.2 Å². The van der Waals surface area contributed by atoms with Gasteiger partial charge < -0.3 is 18.9 Å². The zero-order valence-electron chi connectivity index (χ0n) is 10.5. The predicted molar refractivity (Wildman–Crippen MR) is 65.0 cm³/mol. The lowest BCUT2D eigenvalue weighted by molar-refractivity contribution is -0.200. The van der Waals surface area contributed by atoms with Crippen molar-refractivity contribution in [2.75, 3.05) is 13.7 Å². The third-order valence-corrected chi connectivity index (χ3v) is 3.53. The molecule has 0 spiro atoms. The number of rotatable bonds is 4. The average molecular weight is 250 g/mol. The molecule has 1 aromatic carbocycles. The summed E-state index contributed by atoms with van der Waals surface area (Å²) in [5.74, 6) is 0. The molecule has 2 fully saturated rings. The van der Waals surface area contributed by atoms with Crippen molar-refractivity contribution in [2.45, 2.75) is 37.6 Å². The molecule has 0 N–H and O–H groups in total. The molecular weight excluding hydrogens is 232 g/mol. The van der Waals surface area contributed by atoms with Crippen molar-refractivity contribution in [3.8, 4) is 0 Å². The van der Waals surface area contributed by atoms with E-state index in [4.69, 9.17) is 18.9 Å². The van der Waals surface area contributed by atoms with Crippen LogP contribution in [0.2, 0.25) is 0 Å². The summed E-state index contributed by atoms with van der Waals surface area (Å²) in [5.41, 5.74) is 1.17. The summed E-state index contributed by atoms with van der Waals surface area (Å²) in [6.45, 7) is 1.20. The minimum atomic E-state index is -0.212. The molecule has 3 rings (SSSR count). The maximum atomic E-state index is 5.95. The second-order valence-electron chi connectivity index (χ2n) is 4.72. The third kappa shape index (κ3) is 2.42. The molecule has 0 unspecified atom stereocenters. The van der Waals surface area contributed by atoms with Crippen LogP contribution in [0, 0.1) is 0 Å². The smallest absolute Gasteiger partial charge is 0.184 e. The van der Waals surface area contributed by atoms with E-state index in [-0.39, 0.29) is 24.6 Å². The zero-order chi connectivity index (χ0) is 12.4. The molecule has 0 radical (unpaired) electrons. The first-order valence-electron chi connectivity index (χ1n) is 6.32. The van der Waals surface area contributed by atoms with E-state index >= 15 is 0 Å². The van der Waals surface area contributed by atoms with Gasteiger partial charge in [0.15, 0.2) is 6.29 Å². The summed E-state index contributed by atoms with van der Waals surface area (Å²) in [5, 5.41) is 0. The summed E-state index contributed by atoms with van der Waals surface area (Å²) in [6.07, 6.45) is 0.693. The monoisotopic (exact) mass is 250 g/mol. The quantitative estimate of drug-likeness (QED) is 0.815. The first-order chi connectivity index (χ1) is 8.86. The van der Waals surface area contributed by atoms with Crippen LogP contribution in [0.4, 0.5) is 0 Å². The Kier molecular flexibility index (Phi) is 3.61. The maximum Gasteiger partial charge on any atom is 0.184 e. The maximum absolute atomic E-state index is 5.95. The van der Waals surface area contributed by atoms with Crippen LogP contribution < -0.4 is 0 Å². The van der Waals surface area contributed by atoms with Crippen LogP contribution in [0.3, 0.4) is 0 Å². The highest BCUT2D eigenvalue weighted by Gasteiger charge is 2.44. The van der Waals surface area contributed by atoms with Gasteiger partial charge in [0.25, 0.3) is 0 Å². The van der Waals surface area contributed by atoms with Crippen molar-refractivity contribution in [3.63, 3.8) is 0 Å². The van der Waals surface area contributed by atoms with Crippen LogP contribution in [-0.4, -0.2) is 38.3 Å². The summed E-state index contributed by atoms with van der Waals surface area (Å²) < 4.78 is 22.6. The van der Waals surface area contributed by atoms with Gasteiger partial charge in [0.1, 0.15) is 12.2 Å². The molecule has 4 atom stereocenters. The molecule has 2 heterocycles. The van der Waals surface area contributed by atoms with Gasteiger partial charge in [0, 0.05) is 13.5 Å². The summed E-state index contributed by atoms with van der Waals surface area (Å²) in [7, 11) is 1.68. The van der Waals surface area contributed by atoms with Gasteiger partial charge in [-0.25, -0.2) is 0 Å². The highest BCUT2D eigenvalue weighted by molar-refractivity contribution is 5.13. The molecule has 4 nitrogen and oxygen atoms in total. The first kappa shape index (κ1) is 12.1. The highest BCUT2D eigenvalue weighted by atomic mass is 16.7. The van der Waals surface area contributed by atoms with Gasteiger partial charge in [-0.05, 0) is 5.56 Å². The van der Waals surface area contributed by atoms with Gasteiger partial charge in [0.2, 0.25) is 0 Å². The van der Waals surface area contributed by atoms with Gasteiger partial charge in [0.05, 0.1) is 19.3 Å². The number of benzene rings is 1. The molecule has 2 aliphatic rings. The summed E-state index contributed by atoms with van der Waals surface area (Å²) in [6, 6.07) is 10.2. The number of fused-ring (bicyclic) bond motifs is 2. The SMILES string of the molecule is CO[C@H]1C[C@@H](OCc2ccccc2)[C@@H]2CO[C@H]1O2. The Labute approximate surface area is 107 Å². The number of ether oxygens (including phenoxy) is 4. The van der Waals surface area contributed by atoms with E-state index in [1.54, 1.807) is 7.11 Å². The highest BCUT2D eigenvalue weighted by Crippen LogP contribution is 2.31. The van der Waals surface area contributed by atoms with Gasteiger partial charge in [-0.2, -0.15) is 0 Å². The summed E-state index contributed by atoms with van der Waals surface area (Å²) in [4.78, 5) is 0. The lowest BCUT2D eigenvalue weighted by atomic mass is 10.0. The predicted octanol–water partition coefficient (Wildman–Crippen LogP) is 1.73. The Bertz CT molecular complexity index is 381. The molecule has 2 saturated heterocycles. The first-order valence-corrected chi connectivity index (χ1v) is 6.32. The van der Waals surface area contributed by atoms with Crippen LogP contribution in [0.25, 0.3) is 0 Å². The molecule has 1 aromatic rings. The Morgan fingerprint density at radius 3 is 2.83 bits per heavy atom. The standard InChI is InChI=1S/C14H18O4/c1-15-12-7-11(13-9-17-14(12)18-13)16-8-10-5-3-2-4-6-10/h2-6,11-14H,7-9H2,1H3/t11-,12+,13+,14+/m1/s1. The number of hydrogen-bond acceptors (Lipinski definition) is 4. The van der Waals surface area contributed by atoms with E-state index in [1.165, 1.54) is 5.56 Å². The Balaban J connectivity index is 1.59. The Morgan fingerprint density at radius 1 is 1.22 bits per heavy atom. The molecular formula is C14H18O4. The van der Waals surface area contributed by atoms with Crippen LogP contribution in [0.15, 0.2) is 30.3 Å².